The lowest BCUT2D eigenvalue weighted by molar-refractivity contribution is -0.142. The van der Waals surface area contributed by atoms with Gasteiger partial charge in [0.2, 0.25) is 11.8 Å². The van der Waals surface area contributed by atoms with Crippen LogP contribution < -0.4 is 5.56 Å². The van der Waals surface area contributed by atoms with Crippen molar-refractivity contribution in [2.75, 3.05) is 26.2 Å². The Labute approximate surface area is 189 Å². The number of hydrogen-bond acceptors (Lipinski definition) is 5. The Bertz CT molecular complexity index is 938. The molecule has 1 aromatic rings. The first-order chi connectivity index (χ1) is 15.5. The van der Waals surface area contributed by atoms with Gasteiger partial charge in [-0.05, 0) is 39.0 Å². The van der Waals surface area contributed by atoms with Gasteiger partial charge in [0.15, 0.2) is 0 Å². The Hall–Kier alpha value is -2.22. The molecule has 2 atom stereocenters. The van der Waals surface area contributed by atoms with Crippen molar-refractivity contribution >= 4 is 11.8 Å². The molecule has 0 radical (unpaired) electrons. The Morgan fingerprint density at radius 3 is 2.59 bits per heavy atom. The van der Waals surface area contributed by atoms with Gasteiger partial charge in [0.25, 0.3) is 5.56 Å². The topological polar surface area (TPSA) is 89.6 Å². The van der Waals surface area contributed by atoms with E-state index in [2.05, 4.69) is 9.88 Å². The van der Waals surface area contributed by atoms with E-state index in [0.717, 1.165) is 49.4 Å². The van der Waals surface area contributed by atoms with Crippen molar-refractivity contribution in [3.63, 3.8) is 0 Å². The second-order valence-electron chi connectivity index (χ2n) is 10.0. The van der Waals surface area contributed by atoms with Crippen LogP contribution in [0.3, 0.4) is 0 Å². The second kappa shape index (κ2) is 8.96. The zero-order valence-electron chi connectivity index (χ0n) is 19.1. The van der Waals surface area contributed by atoms with E-state index in [-0.39, 0.29) is 23.3 Å². The van der Waals surface area contributed by atoms with Gasteiger partial charge in [-0.1, -0.05) is 19.3 Å². The molecular formula is C24H35N5O3. The van der Waals surface area contributed by atoms with Crippen molar-refractivity contribution in [3.05, 3.63) is 27.4 Å². The van der Waals surface area contributed by atoms with E-state index < -0.39 is 6.04 Å². The zero-order chi connectivity index (χ0) is 22.2. The van der Waals surface area contributed by atoms with Gasteiger partial charge in [-0.2, -0.15) is 0 Å². The van der Waals surface area contributed by atoms with Crippen LogP contribution >= 0.6 is 0 Å². The van der Waals surface area contributed by atoms with Crippen LogP contribution in [0.5, 0.6) is 0 Å². The molecule has 3 aliphatic heterocycles. The van der Waals surface area contributed by atoms with E-state index in [1.807, 2.05) is 11.8 Å². The van der Waals surface area contributed by atoms with Gasteiger partial charge in [-0.15, -0.1) is 0 Å². The third-order valence-electron chi connectivity index (χ3n) is 8.03. The fraction of sp³-hybridized carbons (Fsp3) is 0.750. The number of hydrogen-bond donors (Lipinski definition) is 1. The average molecular weight is 442 g/mol. The predicted molar refractivity (Wildman–Crippen MR) is 120 cm³/mol. The summed E-state index contributed by atoms with van der Waals surface area (Å²) in [5.74, 6) is 0.847. The number of rotatable bonds is 4. The number of fused-ring (bicyclic) bond motifs is 1. The minimum Gasteiger partial charge on any atom is -0.340 e. The van der Waals surface area contributed by atoms with E-state index in [1.165, 1.54) is 32.1 Å². The van der Waals surface area contributed by atoms with Crippen LogP contribution in [0.15, 0.2) is 4.79 Å². The van der Waals surface area contributed by atoms with Crippen LogP contribution in [-0.2, 0) is 22.6 Å². The van der Waals surface area contributed by atoms with Crippen molar-refractivity contribution in [1.29, 1.82) is 0 Å². The molecule has 8 heteroatoms. The van der Waals surface area contributed by atoms with Crippen molar-refractivity contribution in [1.82, 2.24) is 24.7 Å². The number of nitrogens with one attached hydrogen (secondary N) is 1. The SMILES string of the molecule is CC(C(=O)N1CCC(c2nc3c(c(=O)[nH]2)CCN(C2CCCCC2)C3)C1)N1CCCC1=O. The molecular weight excluding hydrogens is 406 g/mol. The van der Waals surface area contributed by atoms with Crippen molar-refractivity contribution < 1.29 is 9.59 Å². The molecule has 1 aliphatic carbocycles. The maximum Gasteiger partial charge on any atom is 0.254 e. The number of nitrogens with zero attached hydrogens (tertiary/aromatic N) is 4. The molecule has 3 fully saturated rings. The molecule has 32 heavy (non-hydrogen) atoms. The highest BCUT2D eigenvalue weighted by molar-refractivity contribution is 5.88. The average Bonchev–Trinajstić information content (AvgIpc) is 3.48. The van der Waals surface area contributed by atoms with Crippen LogP contribution in [0.1, 0.15) is 81.3 Å². The number of amides is 2. The molecule has 1 N–H and O–H groups in total. The number of H-pyrrole nitrogens is 1. The molecule has 8 nitrogen and oxygen atoms in total. The lowest BCUT2D eigenvalue weighted by Crippen LogP contribution is -2.46. The van der Waals surface area contributed by atoms with Gasteiger partial charge in [-0.3, -0.25) is 19.3 Å². The number of carbonyl (C=O) groups excluding carboxylic acids is 2. The Morgan fingerprint density at radius 2 is 1.84 bits per heavy atom. The van der Waals surface area contributed by atoms with Crippen LogP contribution in [0.4, 0.5) is 0 Å². The van der Waals surface area contributed by atoms with Gasteiger partial charge in [0, 0.05) is 56.7 Å². The van der Waals surface area contributed by atoms with Crippen molar-refractivity contribution in [2.45, 2.75) is 89.3 Å². The minimum atomic E-state index is -0.414. The second-order valence-corrected chi connectivity index (χ2v) is 10.0. The Morgan fingerprint density at radius 1 is 1.03 bits per heavy atom. The molecule has 1 aromatic heterocycles. The monoisotopic (exact) mass is 441 g/mol. The molecule has 0 aromatic carbocycles. The third kappa shape index (κ3) is 4.09. The van der Waals surface area contributed by atoms with Crippen LogP contribution in [0.25, 0.3) is 0 Å². The summed E-state index contributed by atoms with van der Waals surface area (Å²) in [7, 11) is 0. The molecule has 2 amide bonds. The standard InChI is InChI=1S/C24H35N5O3/c1-16(29-11-5-8-21(29)30)24(32)28-12-9-17(14-28)22-25-20-15-27(18-6-3-2-4-7-18)13-10-19(20)23(31)26-22/h16-18H,2-15H2,1H3,(H,25,26,31). The highest BCUT2D eigenvalue weighted by Crippen LogP contribution is 2.29. The number of aromatic nitrogens is 2. The summed E-state index contributed by atoms with van der Waals surface area (Å²) in [5, 5.41) is 0. The predicted octanol–water partition coefficient (Wildman–Crippen LogP) is 1.79. The zero-order valence-corrected chi connectivity index (χ0v) is 19.1. The first-order valence-electron chi connectivity index (χ1n) is 12.5. The van der Waals surface area contributed by atoms with Crippen molar-refractivity contribution in [2.24, 2.45) is 0 Å². The van der Waals surface area contributed by atoms with E-state index in [9.17, 15) is 14.4 Å². The van der Waals surface area contributed by atoms with E-state index in [4.69, 9.17) is 4.98 Å². The van der Waals surface area contributed by atoms with Gasteiger partial charge in [0.05, 0.1) is 5.69 Å². The largest absolute Gasteiger partial charge is 0.340 e. The summed E-state index contributed by atoms with van der Waals surface area (Å²) in [5.41, 5.74) is 1.77. The molecule has 1 saturated carbocycles. The summed E-state index contributed by atoms with van der Waals surface area (Å²) in [6, 6.07) is 0.208. The fourth-order valence-electron chi connectivity index (χ4n) is 6.09. The van der Waals surface area contributed by atoms with E-state index in [1.54, 1.807) is 4.90 Å². The highest BCUT2D eigenvalue weighted by Gasteiger charge is 2.36. The molecule has 0 spiro atoms. The van der Waals surface area contributed by atoms with Crippen LogP contribution in [0.2, 0.25) is 0 Å². The third-order valence-corrected chi connectivity index (χ3v) is 8.03. The maximum absolute atomic E-state index is 13.0. The Kier molecular flexibility index (Phi) is 6.05. The van der Waals surface area contributed by atoms with E-state index in [0.29, 0.717) is 32.1 Å². The van der Waals surface area contributed by atoms with Gasteiger partial charge in [0.1, 0.15) is 11.9 Å². The first-order valence-corrected chi connectivity index (χ1v) is 12.5. The fourth-order valence-corrected chi connectivity index (χ4v) is 6.09. The van der Waals surface area contributed by atoms with Crippen LogP contribution in [0, 0.1) is 0 Å². The van der Waals surface area contributed by atoms with Crippen molar-refractivity contribution in [3.8, 4) is 0 Å². The molecule has 5 rings (SSSR count). The lowest BCUT2D eigenvalue weighted by atomic mass is 9.92. The van der Waals surface area contributed by atoms with Gasteiger partial charge in [-0.25, -0.2) is 4.98 Å². The van der Waals surface area contributed by atoms with Gasteiger partial charge >= 0.3 is 0 Å². The first kappa shape index (κ1) is 21.6. The summed E-state index contributed by atoms with van der Waals surface area (Å²) in [4.78, 5) is 51.9. The molecule has 4 heterocycles. The summed E-state index contributed by atoms with van der Waals surface area (Å²) < 4.78 is 0. The number of carbonyl (C=O) groups is 2. The molecule has 174 valence electrons. The smallest absolute Gasteiger partial charge is 0.254 e. The summed E-state index contributed by atoms with van der Waals surface area (Å²) in [6.07, 6.45) is 9.38. The maximum atomic E-state index is 13.0. The normalized spacial score (nSPS) is 25.9. The molecule has 4 aliphatic rings. The summed E-state index contributed by atoms with van der Waals surface area (Å²) >= 11 is 0. The minimum absolute atomic E-state index is 0.00546. The summed E-state index contributed by atoms with van der Waals surface area (Å²) in [6.45, 7) is 5.41. The van der Waals surface area contributed by atoms with Crippen LogP contribution in [-0.4, -0.2) is 74.7 Å². The molecule has 0 bridgehead atoms. The quantitative estimate of drug-likeness (QED) is 0.769. The highest BCUT2D eigenvalue weighted by atomic mass is 16.2. The number of aromatic amines is 1. The molecule has 2 saturated heterocycles. The Balaban J connectivity index is 1.28. The number of likely N-dealkylation sites (tertiary alicyclic amines) is 2. The molecule has 2 unspecified atom stereocenters. The van der Waals surface area contributed by atoms with Gasteiger partial charge < -0.3 is 14.8 Å². The lowest BCUT2D eigenvalue weighted by Gasteiger charge is -2.37. The van der Waals surface area contributed by atoms with E-state index >= 15 is 0 Å².